The van der Waals surface area contributed by atoms with Crippen molar-refractivity contribution < 1.29 is 41.0 Å². The van der Waals surface area contributed by atoms with Crippen molar-refractivity contribution in [3.05, 3.63) is 29.8 Å². The molecule has 0 aromatic heterocycles. The highest BCUT2D eigenvalue weighted by Crippen LogP contribution is 2.35. The number of carboxylic acid groups (broad SMARTS) is 1. The van der Waals surface area contributed by atoms with Crippen LogP contribution in [0.2, 0.25) is 0 Å². The lowest BCUT2D eigenvalue weighted by Crippen LogP contribution is -2.21. The summed E-state index contributed by atoms with van der Waals surface area (Å²) < 4.78 is 74.4. The lowest BCUT2D eigenvalue weighted by Gasteiger charge is -2.13. The molecule has 0 bridgehead atoms. The van der Waals surface area contributed by atoms with Crippen LogP contribution in [0.1, 0.15) is 12.0 Å². The zero-order chi connectivity index (χ0) is 18.1. The Hall–Kier alpha value is -1.97. The number of ether oxygens (including phenoxy) is 1. The fourth-order valence-corrected chi connectivity index (χ4v) is 1.20. The van der Waals surface area contributed by atoms with Crippen LogP contribution in [0.25, 0.3) is 0 Å². The molecule has 0 heterocycles. The van der Waals surface area contributed by atoms with Gasteiger partial charge in [0.15, 0.2) is 0 Å². The maximum absolute atomic E-state index is 12.5. The zero-order valence-electron chi connectivity index (χ0n) is 11.9. The van der Waals surface area contributed by atoms with E-state index in [2.05, 4.69) is 11.4 Å². The topological polar surface area (TPSA) is 58.6 Å². The molecule has 2 N–H and O–H groups in total. The van der Waals surface area contributed by atoms with E-state index in [1.54, 1.807) is 7.05 Å². The van der Waals surface area contributed by atoms with Gasteiger partial charge in [-0.05, 0) is 38.2 Å². The van der Waals surface area contributed by atoms with Gasteiger partial charge in [-0.2, -0.15) is 26.3 Å². The summed E-state index contributed by atoms with van der Waals surface area (Å²) in [6.45, 7) is 0.958. The van der Waals surface area contributed by atoms with Crippen LogP contribution >= 0.6 is 0 Å². The van der Waals surface area contributed by atoms with Gasteiger partial charge in [0.1, 0.15) is 5.75 Å². The number of nitrogens with one attached hydrogen (secondary N) is 1. The molecule has 0 saturated heterocycles. The highest BCUT2D eigenvalue weighted by Gasteiger charge is 2.38. The summed E-state index contributed by atoms with van der Waals surface area (Å²) in [5.41, 5.74) is -0.754. The van der Waals surface area contributed by atoms with Gasteiger partial charge in [-0.15, -0.1) is 0 Å². The van der Waals surface area contributed by atoms with E-state index in [1.807, 2.05) is 0 Å². The van der Waals surface area contributed by atoms with Gasteiger partial charge >= 0.3 is 18.3 Å². The number of benzene rings is 1. The Morgan fingerprint density at radius 2 is 1.87 bits per heavy atom. The standard InChI is InChI=1S/C11H13F3NO.C2HF3O2/c1-15-7-4-8-16-10-6-3-2-5-9(10)11(12,13)14;3-2(4,5)1(6)7/h2,5-6,15H,4,7-8H2,1H3;(H,6,7). The van der Waals surface area contributed by atoms with Gasteiger partial charge < -0.3 is 15.2 Å². The first-order valence-corrected chi connectivity index (χ1v) is 6.15. The summed E-state index contributed by atoms with van der Waals surface area (Å²) in [6.07, 6.45) is -8.81. The Bertz CT molecular complexity index is 487. The number of carbonyl (C=O) groups is 1. The van der Waals surface area contributed by atoms with Crippen molar-refractivity contribution in [1.82, 2.24) is 5.32 Å². The van der Waals surface area contributed by atoms with Crippen LogP contribution in [-0.2, 0) is 11.0 Å². The maximum atomic E-state index is 12.5. The molecule has 1 aromatic rings. The molecule has 0 aliphatic rings. The van der Waals surface area contributed by atoms with Gasteiger partial charge in [-0.3, -0.25) is 0 Å². The first-order valence-electron chi connectivity index (χ1n) is 6.15. The lowest BCUT2D eigenvalue weighted by molar-refractivity contribution is -0.192. The Balaban J connectivity index is 0.000000585. The summed E-state index contributed by atoms with van der Waals surface area (Å²) in [5.74, 6) is -2.92. The lowest BCUT2D eigenvalue weighted by atomic mass is 10.2. The molecule has 1 radical (unpaired) electrons. The summed E-state index contributed by atoms with van der Waals surface area (Å²) >= 11 is 0. The maximum Gasteiger partial charge on any atom is 0.490 e. The largest absolute Gasteiger partial charge is 0.493 e. The number of hydrogen-bond acceptors (Lipinski definition) is 3. The molecule has 0 atom stereocenters. The van der Waals surface area contributed by atoms with Crippen LogP contribution in [0.5, 0.6) is 5.75 Å². The smallest absolute Gasteiger partial charge is 0.490 e. The highest BCUT2D eigenvalue weighted by molar-refractivity contribution is 5.73. The minimum atomic E-state index is -5.08. The Kier molecular flexibility index (Phi) is 8.44. The highest BCUT2D eigenvalue weighted by atomic mass is 19.4. The normalized spacial score (nSPS) is 11.4. The van der Waals surface area contributed by atoms with E-state index < -0.39 is 23.9 Å². The Morgan fingerprint density at radius 3 is 2.30 bits per heavy atom. The van der Waals surface area contributed by atoms with Crippen LogP contribution in [0.15, 0.2) is 18.2 Å². The second-order valence-electron chi connectivity index (χ2n) is 4.03. The second kappa shape index (κ2) is 9.23. The molecule has 1 rings (SSSR count). The van der Waals surface area contributed by atoms with Crippen LogP contribution in [0, 0.1) is 6.07 Å². The summed E-state index contributed by atoms with van der Waals surface area (Å²) in [5, 5.41) is 10.0. The van der Waals surface area contributed by atoms with Crippen LogP contribution in [0.3, 0.4) is 0 Å². The van der Waals surface area contributed by atoms with Gasteiger partial charge in [0.25, 0.3) is 0 Å². The molecule has 0 spiro atoms. The fourth-order valence-electron chi connectivity index (χ4n) is 1.20. The van der Waals surface area contributed by atoms with E-state index in [0.717, 1.165) is 6.07 Å². The number of alkyl halides is 6. The molecule has 0 saturated carbocycles. The van der Waals surface area contributed by atoms with Gasteiger partial charge in [0, 0.05) is 0 Å². The van der Waals surface area contributed by atoms with Gasteiger partial charge in [-0.25, -0.2) is 4.79 Å². The predicted octanol–water partition coefficient (Wildman–Crippen LogP) is 3.13. The molecular weight excluding hydrogens is 332 g/mol. The van der Waals surface area contributed by atoms with E-state index in [4.69, 9.17) is 14.6 Å². The van der Waals surface area contributed by atoms with E-state index in [0.29, 0.717) is 13.0 Å². The molecule has 0 unspecified atom stereocenters. The first kappa shape index (κ1) is 21.0. The minimum Gasteiger partial charge on any atom is -0.493 e. The molecule has 131 valence electrons. The van der Waals surface area contributed by atoms with Crippen molar-refractivity contribution in [2.24, 2.45) is 0 Å². The summed E-state index contributed by atoms with van der Waals surface area (Å²) in [6, 6.07) is 5.98. The van der Waals surface area contributed by atoms with Crippen molar-refractivity contribution in [3.8, 4) is 5.75 Å². The molecule has 0 fully saturated rings. The van der Waals surface area contributed by atoms with Gasteiger partial charge in [0.2, 0.25) is 0 Å². The third kappa shape index (κ3) is 8.91. The van der Waals surface area contributed by atoms with E-state index in [-0.39, 0.29) is 12.4 Å². The van der Waals surface area contributed by atoms with Crippen molar-refractivity contribution >= 4 is 5.97 Å². The van der Waals surface area contributed by atoms with Crippen LogP contribution in [0.4, 0.5) is 26.3 Å². The van der Waals surface area contributed by atoms with Crippen molar-refractivity contribution in [2.45, 2.75) is 18.8 Å². The third-order valence-corrected chi connectivity index (χ3v) is 2.20. The van der Waals surface area contributed by atoms with Gasteiger partial charge in [-0.1, -0.05) is 6.07 Å². The van der Waals surface area contributed by atoms with Crippen molar-refractivity contribution in [2.75, 3.05) is 20.2 Å². The number of aliphatic carboxylic acids is 1. The molecule has 0 aliphatic carbocycles. The van der Waals surface area contributed by atoms with Crippen LogP contribution < -0.4 is 10.1 Å². The first-order chi connectivity index (χ1) is 10.5. The van der Waals surface area contributed by atoms with E-state index >= 15 is 0 Å². The number of carboxylic acids is 1. The molecule has 10 heteroatoms. The van der Waals surface area contributed by atoms with E-state index in [9.17, 15) is 26.3 Å². The molecular formula is C13H14F6NO3. The zero-order valence-corrected chi connectivity index (χ0v) is 11.9. The summed E-state index contributed by atoms with van der Waals surface area (Å²) in [4.78, 5) is 8.90. The van der Waals surface area contributed by atoms with Crippen LogP contribution in [-0.4, -0.2) is 37.5 Å². The molecule has 0 amide bonds. The fraction of sp³-hybridized carbons (Fsp3) is 0.462. The average Bonchev–Trinajstić information content (AvgIpc) is 2.42. The average molecular weight is 346 g/mol. The number of rotatable bonds is 5. The SMILES string of the molecule is CNCCCOc1c[c]ccc1C(F)(F)F.O=C(O)C(F)(F)F. The monoisotopic (exact) mass is 346 g/mol. The quantitative estimate of drug-likeness (QED) is 0.635. The summed E-state index contributed by atoms with van der Waals surface area (Å²) in [7, 11) is 1.78. The van der Waals surface area contributed by atoms with E-state index in [1.165, 1.54) is 12.1 Å². The van der Waals surface area contributed by atoms with Crippen molar-refractivity contribution in [3.63, 3.8) is 0 Å². The number of halogens is 6. The molecule has 1 aromatic carbocycles. The molecule has 0 aliphatic heterocycles. The van der Waals surface area contributed by atoms with Gasteiger partial charge in [0.05, 0.1) is 12.2 Å². The predicted molar refractivity (Wildman–Crippen MR) is 68.0 cm³/mol. The van der Waals surface area contributed by atoms with Crippen molar-refractivity contribution in [1.29, 1.82) is 0 Å². The second-order valence-corrected chi connectivity index (χ2v) is 4.03. The third-order valence-electron chi connectivity index (χ3n) is 2.20. The number of hydrogen-bond donors (Lipinski definition) is 2. The Morgan fingerprint density at radius 1 is 1.30 bits per heavy atom. The Labute approximate surface area is 128 Å². The molecule has 23 heavy (non-hydrogen) atoms. The molecule has 4 nitrogen and oxygen atoms in total. The minimum absolute atomic E-state index is 0.161.